The highest BCUT2D eigenvalue weighted by Crippen LogP contribution is 1.96. The van der Waals surface area contributed by atoms with E-state index in [0.717, 1.165) is 19.6 Å². The van der Waals surface area contributed by atoms with Crippen LogP contribution >= 0.6 is 0 Å². The molecule has 0 aromatic rings. The maximum Gasteiger partial charge on any atom is 0.0704 e. The summed E-state index contributed by atoms with van der Waals surface area (Å²) in [5.74, 6) is 0. The van der Waals surface area contributed by atoms with Crippen molar-refractivity contribution in [3.05, 3.63) is 0 Å². The number of rotatable bonds is 9. The normalized spacial score (nSPS) is 13.5. The first kappa shape index (κ1) is 13.9. The van der Waals surface area contributed by atoms with Crippen LogP contribution in [0.15, 0.2) is 0 Å². The lowest BCUT2D eigenvalue weighted by molar-refractivity contribution is 0.0122. The minimum absolute atomic E-state index is 0.321. The maximum atomic E-state index is 5.56. The smallest absolute Gasteiger partial charge is 0.0704 e. The molecule has 0 heterocycles. The molecule has 0 aliphatic carbocycles. The second-order valence-electron chi connectivity index (χ2n) is 3.78. The molecule has 0 rings (SSSR count). The fourth-order valence-corrected chi connectivity index (χ4v) is 1.11. The Morgan fingerprint density at radius 2 is 1.86 bits per heavy atom. The molecule has 0 saturated heterocycles. The second-order valence-corrected chi connectivity index (χ2v) is 3.78. The molecule has 3 heteroatoms. The molecule has 0 aliphatic rings. The van der Waals surface area contributed by atoms with E-state index >= 15 is 0 Å². The van der Waals surface area contributed by atoms with Crippen LogP contribution in [0.5, 0.6) is 0 Å². The molecule has 1 atom stereocenters. The largest absolute Gasteiger partial charge is 0.379 e. The van der Waals surface area contributed by atoms with Gasteiger partial charge in [-0.3, -0.25) is 0 Å². The van der Waals surface area contributed by atoms with E-state index in [4.69, 9.17) is 9.47 Å². The van der Waals surface area contributed by atoms with Crippen molar-refractivity contribution in [2.75, 3.05) is 26.4 Å². The Kier molecular flexibility index (Phi) is 9.35. The molecule has 0 aromatic carbocycles. The van der Waals surface area contributed by atoms with Crippen molar-refractivity contribution in [1.29, 1.82) is 0 Å². The van der Waals surface area contributed by atoms with Crippen LogP contribution in [-0.4, -0.2) is 38.5 Å². The average Bonchev–Trinajstić information content (AvgIpc) is 2.12. The molecule has 0 fully saturated rings. The minimum Gasteiger partial charge on any atom is -0.379 e. The predicted molar refractivity (Wildman–Crippen MR) is 59.7 cm³/mol. The molecule has 0 aliphatic heterocycles. The summed E-state index contributed by atoms with van der Waals surface area (Å²) in [6.45, 7) is 11.6. The van der Waals surface area contributed by atoms with Gasteiger partial charge in [0.2, 0.25) is 0 Å². The van der Waals surface area contributed by atoms with Gasteiger partial charge in [-0.25, -0.2) is 0 Å². The summed E-state index contributed by atoms with van der Waals surface area (Å²) in [6.07, 6.45) is 1.38. The average molecular weight is 203 g/mol. The van der Waals surface area contributed by atoms with Crippen LogP contribution in [0.3, 0.4) is 0 Å². The summed E-state index contributed by atoms with van der Waals surface area (Å²) >= 11 is 0. The summed E-state index contributed by atoms with van der Waals surface area (Å²) in [6, 6.07) is 0.561. The van der Waals surface area contributed by atoms with Gasteiger partial charge in [0, 0.05) is 12.6 Å². The van der Waals surface area contributed by atoms with Crippen LogP contribution in [0.4, 0.5) is 0 Å². The summed E-state index contributed by atoms with van der Waals surface area (Å²) in [4.78, 5) is 0. The molecule has 86 valence electrons. The SMILES string of the molecule is CCOCCOC(C)CCNC(C)C. The van der Waals surface area contributed by atoms with E-state index < -0.39 is 0 Å². The molecular formula is C11H25NO2. The number of ether oxygens (including phenoxy) is 2. The van der Waals surface area contributed by atoms with Gasteiger partial charge in [0.05, 0.1) is 19.3 Å². The van der Waals surface area contributed by atoms with Crippen molar-refractivity contribution in [2.45, 2.75) is 46.3 Å². The highest BCUT2D eigenvalue weighted by Gasteiger charge is 2.01. The molecular weight excluding hydrogens is 178 g/mol. The zero-order chi connectivity index (χ0) is 10.8. The molecule has 0 radical (unpaired) electrons. The Bertz CT molecular complexity index is 118. The second kappa shape index (κ2) is 9.44. The highest BCUT2D eigenvalue weighted by atomic mass is 16.5. The van der Waals surface area contributed by atoms with Gasteiger partial charge in [-0.15, -0.1) is 0 Å². The monoisotopic (exact) mass is 203 g/mol. The van der Waals surface area contributed by atoms with E-state index in [0.29, 0.717) is 25.4 Å². The van der Waals surface area contributed by atoms with E-state index in [2.05, 4.69) is 26.1 Å². The Labute approximate surface area is 88.2 Å². The zero-order valence-electron chi connectivity index (χ0n) is 10.0. The lowest BCUT2D eigenvalue weighted by Gasteiger charge is -2.14. The lowest BCUT2D eigenvalue weighted by atomic mass is 10.2. The van der Waals surface area contributed by atoms with Gasteiger partial charge < -0.3 is 14.8 Å². The topological polar surface area (TPSA) is 30.5 Å². The first-order valence-corrected chi connectivity index (χ1v) is 5.59. The van der Waals surface area contributed by atoms with Crippen molar-refractivity contribution in [1.82, 2.24) is 5.32 Å². The fourth-order valence-electron chi connectivity index (χ4n) is 1.11. The summed E-state index contributed by atoms with van der Waals surface area (Å²) in [5.41, 5.74) is 0. The zero-order valence-corrected chi connectivity index (χ0v) is 10.0. The third-order valence-corrected chi connectivity index (χ3v) is 1.94. The first-order valence-electron chi connectivity index (χ1n) is 5.59. The Morgan fingerprint density at radius 3 is 2.43 bits per heavy atom. The van der Waals surface area contributed by atoms with E-state index in [9.17, 15) is 0 Å². The van der Waals surface area contributed by atoms with Crippen LogP contribution < -0.4 is 5.32 Å². The van der Waals surface area contributed by atoms with Gasteiger partial charge in [0.1, 0.15) is 0 Å². The van der Waals surface area contributed by atoms with Crippen LogP contribution in [0.2, 0.25) is 0 Å². The van der Waals surface area contributed by atoms with E-state index in [1.807, 2.05) is 6.92 Å². The molecule has 0 saturated carbocycles. The van der Waals surface area contributed by atoms with Crippen molar-refractivity contribution in [3.63, 3.8) is 0 Å². The maximum absolute atomic E-state index is 5.56. The lowest BCUT2D eigenvalue weighted by Crippen LogP contribution is -2.27. The van der Waals surface area contributed by atoms with Gasteiger partial charge in [-0.1, -0.05) is 13.8 Å². The molecule has 0 aromatic heterocycles. The third kappa shape index (κ3) is 9.96. The van der Waals surface area contributed by atoms with Crippen LogP contribution in [0, 0.1) is 0 Å². The predicted octanol–water partition coefficient (Wildman–Crippen LogP) is 1.82. The quantitative estimate of drug-likeness (QED) is 0.580. The highest BCUT2D eigenvalue weighted by molar-refractivity contribution is 4.57. The van der Waals surface area contributed by atoms with Crippen LogP contribution in [0.25, 0.3) is 0 Å². The van der Waals surface area contributed by atoms with Gasteiger partial charge in [-0.2, -0.15) is 0 Å². The van der Waals surface area contributed by atoms with Gasteiger partial charge in [0.25, 0.3) is 0 Å². The summed E-state index contributed by atoms with van der Waals surface area (Å²) in [5, 5.41) is 3.37. The Balaban J connectivity index is 3.15. The van der Waals surface area contributed by atoms with Crippen molar-refractivity contribution in [2.24, 2.45) is 0 Å². The Hall–Kier alpha value is -0.120. The number of hydrogen-bond acceptors (Lipinski definition) is 3. The van der Waals surface area contributed by atoms with Crippen molar-refractivity contribution in [3.8, 4) is 0 Å². The van der Waals surface area contributed by atoms with Crippen LogP contribution in [-0.2, 0) is 9.47 Å². The van der Waals surface area contributed by atoms with Crippen molar-refractivity contribution >= 4 is 0 Å². The minimum atomic E-state index is 0.321. The first-order chi connectivity index (χ1) is 6.66. The molecule has 1 N–H and O–H groups in total. The van der Waals surface area contributed by atoms with Crippen molar-refractivity contribution < 1.29 is 9.47 Å². The molecule has 0 bridgehead atoms. The standard InChI is InChI=1S/C11H25NO2/c1-5-13-8-9-14-11(4)6-7-12-10(2)3/h10-12H,5-9H2,1-4H3. The molecule has 3 nitrogen and oxygen atoms in total. The fraction of sp³-hybridized carbons (Fsp3) is 1.00. The molecule has 1 unspecified atom stereocenters. The summed E-state index contributed by atoms with van der Waals surface area (Å²) < 4.78 is 10.7. The Morgan fingerprint density at radius 1 is 1.14 bits per heavy atom. The third-order valence-electron chi connectivity index (χ3n) is 1.94. The molecule has 14 heavy (non-hydrogen) atoms. The van der Waals surface area contributed by atoms with Crippen LogP contribution in [0.1, 0.15) is 34.1 Å². The van der Waals surface area contributed by atoms with Gasteiger partial charge >= 0.3 is 0 Å². The molecule has 0 spiro atoms. The van der Waals surface area contributed by atoms with E-state index in [-0.39, 0.29) is 0 Å². The van der Waals surface area contributed by atoms with Gasteiger partial charge in [0.15, 0.2) is 0 Å². The number of nitrogens with one attached hydrogen (secondary N) is 1. The summed E-state index contributed by atoms with van der Waals surface area (Å²) in [7, 11) is 0. The molecule has 0 amide bonds. The van der Waals surface area contributed by atoms with Gasteiger partial charge in [-0.05, 0) is 26.8 Å². The van der Waals surface area contributed by atoms with E-state index in [1.165, 1.54) is 0 Å². The van der Waals surface area contributed by atoms with E-state index in [1.54, 1.807) is 0 Å². The number of hydrogen-bond donors (Lipinski definition) is 1.